The molecule has 0 radical (unpaired) electrons. The molecule has 0 saturated heterocycles. The van der Waals surface area contributed by atoms with E-state index >= 15 is 0 Å². The molecule has 1 atom stereocenters. The number of hydrogen-bond acceptors (Lipinski definition) is 3. The average molecular weight is 246 g/mol. The summed E-state index contributed by atoms with van der Waals surface area (Å²) in [7, 11) is 0. The van der Waals surface area contributed by atoms with Crippen molar-refractivity contribution >= 4 is 15.9 Å². The van der Waals surface area contributed by atoms with Crippen molar-refractivity contribution < 1.29 is 10.2 Å². The lowest BCUT2D eigenvalue weighted by molar-refractivity contribution is 0.267. The molecule has 0 saturated carbocycles. The molecule has 0 aliphatic carbocycles. The van der Waals surface area contributed by atoms with E-state index in [0.717, 1.165) is 5.56 Å². The first-order chi connectivity index (χ1) is 6.19. The Morgan fingerprint density at radius 1 is 1.46 bits per heavy atom. The van der Waals surface area contributed by atoms with Crippen LogP contribution in [0.1, 0.15) is 11.5 Å². The predicted octanol–water partition coefficient (Wildman–Crippen LogP) is 1.19. The molecule has 0 bridgehead atoms. The smallest absolute Gasteiger partial charge is 0.129 e. The van der Waals surface area contributed by atoms with Gasteiger partial charge in [0.1, 0.15) is 5.75 Å². The maximum absolute atomic E-state index is 9.23. The van der Waals surface area contributed by atoms with Crippen molar-refractivity contribution in [3.05, 3.63) is 28.2 Å². The van der Waals surface area contributed by atoms with Gasteiger partial charge in [0, 0.05) is 12.5 Å². The third-order valence-electron chi connectivity index (χ3n) is 1.95. The molecule has 1 aromatic carbocycles. The summed E-state index contributed by atoms with van der Waals surface area (Å²) < 4.78 is 0.622. The summed E-state index contributed by atoms with van der Waals surface area (Å²) >= 11 is 3.20. The monoisotopic (exact) mass is 245 g/mol. The Bertz CT molecular complexity index is 287. The van der Waals surface area contributed by atoms with Gasteiger partial charge in [0.05, 0.1) is 11.1 Å². The molecule has 0 heterocycles. The van der Waals surface area contributed by atoms with Gasteiger partial charge in [-0.25, -0.2) is 0 Å². The number of aliphatic hydroxyl groups excluding tert-OH is 1. The molecule has 0 aliphatic heterocycles. The third-order valence-corrected chi connectivity index (χ3v) is 2.58. The van der Waals surface area contributed by atoms with E-state index in [9.17, 15) is 5.11 Å². The molecular weight excluding hydrogens is 234 g/mol. The molecule has 4 N–H and O–H groups in total. The van der Waals surface area contributed by atoms with Gasteiger partial charge < -0.3 is 15.9 Å². The summed E-state index contributed by atoms with van der Waals surface area (Å²) in [4.78, 5) is 0. The van der Waals surface area contributed by atoms with Crippen molar-refractivity contribution in [3.63, 3.8) is 0 Å². The second kappa shape index (κ2) is 4.60. The summed E-state index contributed by atoms with van der Waals surface area (Å²) in [6.45, 7) is 0.418. The van der Waals surface area contributed by atoms with Gasteiger partial charge in [-0.1, -0.05) is 6.07 Å². The zero-order valence-corrected chi connectivity index (χ0v) is 8.66. The number of phenols is 1. The van der Waals surface area contributed by atoms with E-state index in [1.807, 2.05) is 0 Å². The highest BCUT2D eigenvalue weighted by Crippen LogP contribution is 2.27. The molecule has 0 aliphatic rings. The fourth-order valence-electron chi connectivity index (χ4n) is 1.09. The topological polar surface area (TPSA) is 66.5 Å². The molecule has 1 rings (SSSR count). The van der Waals surface area contributed by atoms with Crippen LogP contribution >= 0.6 is 15.9 Å². The molecule has 0 aromatic heterocycles. The molecule has 0 spiro atoms. The second-order valence-corrected chi connectivity index (χ2v) is 3.68. The van der Waals surface area contributed by atoms with E-state index in [-0.39, 0.29) is 18.3 Å². The molecular formula is C9H12BrNO2. The number of aromatic hydroxyl groups is 1. The number of halogens is 1. The number of benzene rings is 1. The minimum atomic E-state index is -0.0584. The summed E-state index contributed by atoms with van der Waals surface area (Å²) in [5.41, 5.74) is 6.39. The van der Waals surface area contributed by atoms with Gasteiger partial charge in [-0.2, -0.15) is 0 Å². The summed E-state index contributed by atoms with van der Waals surface area (Å²) in [6.07, 6.45) is 0. The first-order valence-electron chi connectivity index (χ1n) is 3.98. The van der Waals surface area contributed by atoms with E-state index in [4.69, 9.17) is 10.8 Å². The molecule has 1 aromatic rings. The molecule has 0 amide bonds. The minimum absolute atomic E-state index is 0.0215. The molecule has 1 unspecified atom stereocenters. The standard InChI is InChI=1S/C9H12BrNO2/c10-8-3-6(1-2-9(8)13)7(4-11)5-12/h1-3,7,12-13H,4-5,11H2. The van der Waals surface area contributed by atoms with Gasteiger partial charge in [-0.15, -0.1) is 0 Å². The first-order valence-corrected chi connectivity index (χ1v) is 4.77. The van der Waals surface area contributed by atoms with Crippen molar-refractivity contribution in [1.29, 1.82) is 0 Å². The summed E-state index contributed by atoms with van der Waals surface area (Å²) in [6, 6.07) is 5.11. The van der Waals surface area contributed by atoms with Crippen LogP contribution in [-0.2, 0) is 0 Å². The highest BCUT2D eigenvalue weighted by Gasteiger charge is 2.09. The van der Waals surface area contributed by atoms with E-state index < -0.39 is 0 Å². The number of hydrogen-bond donors (Lipinski definition) is 3. The van der Waals surface area contributed by atoms with Gasteiger partial charge in [0.15, 0.2) is 0 Å². The van der Waals surface area contributed by atoms with Crippen molar-refractivity contribution in [2.75, 3.05) is 13.2 Å². The lowest BCUT2D eigenvalue weighted by Gasteiger charge is -2.12. The van der Waals surface area contributed by atoms with Crippen LogP contribution < -0.4 is 5.73 Å². The Hall–Kier alpha value is -0.580. The largest absolute Gasteiger partial charge is 0.507 e. The minimum Gasteiger partial charge on any atom is -0.507 e. The molecule has 3 nitrogen and oxygen atoms in total. The zero-order chi connectivity index (χ0) is 9.84. The molecule has 13 heavy (non-hydrogen) atoms. The van der Waals surface area contributed by atoms with Gasteiger partial charge in [0.2, 0.25) is 0 Å². The van der Waals surface area contributed by atoms with Crippen molar-refractivity contribution in [1.82, 2.24) is 0 Å². The Morgan fingerprint density at radius 2 is 2.15 bits per heavy atom. The van der Waals surface area contributed by atoms with Crippen molar-refractivity contribution in [2.24, 2.45) is 5.73 Å². The average Bonchev–Trinajstić information content (AvgIpc) is 2.13. The van der Waals surface area contributed by atoms with Gasteiger partial charge in [0.25, 0.3) is 0 Å². The van der Waals surface area contributed by atoms with Crippen LogP contribution in [0.3, 0.4) is 0 Å². The van der Waals surface area contributed by atoms with Crippen LogP contribution in [0, 0.1) is 0 Å². The maximum atomic E-state index is 9.23. The normalized spacial score (nSPS) is 12.8. The Balaban J connectivity index is 2.95. The molecule has 4 heteroatoms. The zero-order valence-electron chi connectivity index (χ0n) is 7.07. The first kappa shape index (κ1) is 10.5. The van der Waals surface area contributed by atoms with Crippen LogP contribution in [0.5, 0.6) is 5.75 Å². The van der Waals surface area contributed by atoms with Crippen molar-refractivity contribution in [2.45, 2.75) is 5.92 Å². The van der Waals surface area contributed by atoms with Crippen LogP contribution in [0.2, 0.25) is 0 Å². The van der Waals surface area contributed by atoms with E-state index in [1.54, 1.807) is 18.2 Å². The van der Waals surface area contributed by atoms with Gasteiger partial charge >= 0.3 is 0 Å². The fourth-order valence-corrected chi connectivity index (χ4v) is 1.49. The van der Waals surface area contributed by atoms with Crippen LogP contribution in [0.15, 0.2) is 22.7 Å². The van der Waals surface area contributed by atoms with Gasteiger partial charge in [-0.05, 0) is 33.6 Å². The number of rotatable bonds is 3. The van der Waals surface area contributed by atoms with Crippen LogP contribution in [0.4, 0.5) is 0 Å². The number of aliphatic hydroxyl groups is 1. The van der Waals surface area contributed by atoms with E-state index in [1.165, 1.54) is 0 Å². The third kappa shape index (κ3) is 2.43. The predicted molar refractivity (Wildman–Crippen MR) is 54.7 cm³/mol. The second-order valence-electron chi connectivity index (χ2n) is 2.83. The van der Waals surface area contributed by atoms with E-state index in [2.05, 4.69) is 15.9 Å². The Labute approximate surface area is 85.3 Å². The lowest BCUT2D eigenvalue weighted by Crippen LogP contribution is -2.15. The summed E-state index contributed by atoms with van der Waals surface area (Å²) in [5, 5.41) is 18.2. The fraction of sp³-hybridized carbons (Fsp3) is 0.333. The SMILES string of the molecule is NCC(CO)c1ccc(O)c(Br)c1. The lowest BCUT2D eigenvalue weighted by atomic mass is 10.0. The maximum Gasteiger partial charge on any atom is 0.129 e. The molecule has 0 fully saturated rings. The Kier molecular flexibility index (Phi) is 3.71. The quantitative estimate of drug-likeness (QED) is 0.750. The highest BCUT2D eigenvalue weighted by molar-refractivity contribution is 9.10. The number of phenolic OH excluding ortho intramolecular Hbond substituents is 1. The number of nitrogens with two attached hydrogens (primary N) is 1. The Morgan fingerprint density at radius 3 is 2.62 bits per heavy atom. The summed E-state index contributed by atoms with van der Waals surface area (Å²) in [5.74, 6) is 0.134. The van der Waals surface area contributed by atoms with Crippen LogP contribution in [0.25, 0.3) is 0 Å². The van der Waals surface area contributed by atoms with Crippen LogP contribution in [-0.4, -0.2) is 23.4 Å². The van der Waals surface area contributed by atoms with E-state index in [0.29, 0.717) is 11.0 Å². The van der Waals surface area contributed by atoms with Gasteiger partial charge in [-0.3, -0.25) is 0 Å². The highest BCUT2D eigenvalue weighted by atomic mass is 79.9. The van der Waals surface area contributed by atoms with Crippen molar-refractivity contribution in [3.8, 4) is 5.75 Å². The molecule has 72 valence electrons.